The molecule has 0 amide bonds. The van der Waals surface area contributed by atoms with Gasteiger partial charge in [0.25, 0.3) is 0 Å². The summed E-state index contributed by atoms with van der Waals surface area (Å²) in [4.78, 5) is 19.5. The minimum absolute atomic E-state index is 0.119. The second kappa shape index (κ2) is 3.97. The van der Waals surface area contributed by atoms with E-state index in [1.54, 1.807) is 17.7 Å². The maximum absolute atomic E-state index is 11.1. The van der Waals surface area contributed by atoms with Crippen molar-refractivity contribution in [3.63, 3.8) is 0 Å². The van der Waals surface area contributed by atoms with Crippen LogP contribution < -0.4 is 5.32 Å². The van der Waals surface area contributed by atoms with Crippen LogP contribution in [0, 0.1) is 0 Å². The van der Waals surface area contributed by atoms with Gasteiger partial charge in [-0.2, -0.15) is 0 Å². The van der Waals surface area contributed by atoms with Gasteiger partial charge in [0.1, 0.15) is 6.04 Å². The van der Waals surface area contributed by atoms with Gasteiger partial charge in [-0.15, -0.1) is 11.3 Å². The lowest BCUT2D eigenvalue weighted by Crippen LogP contribution is -2.44. The Kier molecular flexibility index (Phi) is 2.45. The number of imidazole rings is 1. The number of nitrogens with zero attached hydrogens (tertiary/aromatic N) is 1. The van der Waals surface area contributed by atoms with Gasteiger partial charge in [-0.05, 0) is 11.4 Å². The smallest absolute Gasteiger partial charge is 0.321 e. The lowest BCUT2D eigenvalue weighted by Gasteiger charge is -2.27. The summed E-state index contributed by atoms with van der Waals surface area (Å²) in [5, 5.41) is 14.2. The molecule has 0 radical (unpaired) electrons. The van der Waals surface area contributed by atoms with Crippen LogP contribution in [0.4, 0.5) is 0 Å². The molecule has 3 N–H and O–H groups in total. The van der Waals surface area contributed by atoms with Crippen molar-refractivity contribution >= 4 is 17.3 Å². The van der Waals surface area contributed by atoms with Gasteiger partial charge in [0.2, 0.25) is 0 Å². The minimum atomic E-state index is -0.827. The topological polar surface area (TPSA) is 78.0 Å². The summed E-state index contributed by atoms with van der Waals surface area (Å²) in [5.41, 5.74) is 1.82. The van der Waals surface area contributed by atoms with E-state index < -0.39 is 12.0 Å². The molecular weight excluding hydrogens is 238 g/mol. The third-order valence-corrected chi connectivity index (χ3v) is 3.86. The first-order chi connectivity index (χ1) is 8.25. The number of carbonyl (C=O) groups is 1. The molecule has 2 aromatic rings. The summed E-state index contributed by atoms with van der Waals surface area (Å²) in [6.45, 7) is 0. The van der Waals surface area contributed by atoms with E-state index in [0.717, 1.165) is 16.3 Å². The van der Waals surface area contributed by atoms with E-state index in [9.17, 15) is 4.79 Å². The van der Waals surface area contributed by atoms with Crippen molar-refractivity contribution in [2.24, 2.45) is 0 Å². The SMILES string of the molecule is O=C(O)[C@H]1Cc2[nH]cnc2[C@@H](c2cccs2)N1. The summed E-state index contributed by atoms with van der Waals surface area (Å²) < 4.78 is 0. The number of carboxylic acids is 1. The van der Waals surface area contributed by atoms with Crippen LogP contribution in [-0.4, -0.2) is 27.1 Å². The molecular formula is C11H11N3O2S. The Balaban J connectivity index is 2.01. The number of rotatable bonds is 2. The van der Waals surface area contributed by atoms with Gasteiger partial charge in [0.15, 0.2) is 0 Å². The van der Waals surface area contributed by atoms with E-state index in [0.29, 0.717) is 6.42 Å². The number of thiophene rings is 1. The van der Waals surface area contributed by atoms with E-state index in [1.165, 1.54) is 0 Å². The highest BCUT2D eigenvalue weighted by atomic mass is 32.1. The Hall–Kier alpha value is -1.66. The van der Waals surface area contributed by atoms with Gasteiger partial charge in [-0.25, -0.2) is 4.98 Å². The van der Waals surface area contributed by atoms with E-state index >= 15 is 0 Å². The molecule has 0 fully saturated rings. The number of H-pyrrole nitrogens is 1. The molecule has 2 atom stereocenters. The van der Waals surface area contributed by atoms with E-state index in [-0.39, 0.29) is 6.04 Å². The molecule has 0 saturated heterocycles. The number of fused-ring (bicyclic) bond motifs is 1. The summed E-state index contributed by atoms with van der Waals surface area (Å²) >= 11 is 1.60. The fourth-order valence-corrected chi connectivity index (χ4v) is 2.91. The van der Waals surface area contributed by atoms with Crippen molar-refractivity contribution in [1.29, 1.82) is 0 Å². The third kappa shape index (κ3) is 1.75. The Labute approximate surface area is 102 Å². The van der Waals surface area contributed by atoms with Crippen molar-refractivity contribution in [2.75, 3.05) is 0 Å². The zero-order valence-corrected chi connectivity index (χ0v) is 9.70. The lowest BCUT2D eigenvalue weighted by molar-refractivity contribution is -0.139. The molecule has 17 heavy (non-hydrogen) atoms. The van der Waals surface area contributed by atoms with Gasteiger partial charge in [0.05, 0.1) is 18.1 Å². The molecule has 3 rings (SSSR count). The van der Waals surface area contributed by atoms with Gasteiger partial charge in [0, 0.05) is 17.0 Å². The van der Waals surface area contributed by atoms with Gasteiger partial charge in [-0.1, -0.05) is 6.07 Å². The predicted octanol–water partition coefficient (Wildman–Crippen LogP) is 1.16. The van der Waals surface area contributed by atoms with Gasteiger partial charge in [-0.3, -0.25) is 10.1 Å². The first-order valence-corrected chi connectivity index (χ1v) is 6.18. The van der Waals surface area contributed by atoms with E-state index in [1.807, 2.05) is 17.5 Å². The van der Waals surface area contributed by atoms with E-state index in [2.05, 4.69) is 15.3 Å². The van der Waals surface area contributed by atoms with Crippen molar-refractivity contribution in [2.45, 2.75) is 18.5 Å². The van der Waals surface area contributed by atoms with E-state index in [4.69, 9.17) is 5.11 Å². The summed E-state index contributed by atoms with van der Waals surface area (Å²) in [6.07, 6.45) is 2.07. The van der Waals surface area contributed by atoms with Crippen molar-refractivity contribution in [3.8, 4) is 0 Å². The second-order valence-corrected chi connectivity index (χ2v) is 4.96. The Morgan fingerprint density at radius 2 is 2.47 bits per heavy atom. The molecule has 3 heterocycles. The Morgan fingerprint density at radius 3 is 3.18 bits per heavy atom. The Morgan fingerprint density at radius 1 is 1.59 bits per heavy atom. The first-order valence-electron chi connectivity index (χ1n) is 5.30. The number of aromatic nitrogens is 2. The highest BCUT2D eigenvalue weighted by Gasteiger charge is 2.33. The number of aromatic amines is 1. The quantitative estimate of drug-likeness (QED) is 0.746. The molecule has 0 spiro atoms. The summed E-state index contributed by atoms with van der Waals surface area (Å²) in [5.74, 6) is -0.827. The number of carboxylic acid groups (broad SMARTS) is 1. The first kappa shape index (κ1) is 10.5. The third-order valence-electron chi connectivity index (χ3n) is 2.93. The molecule has 5 nitrogen and oxygen atoms in total. The van der Waals surface area contributed by atoms with Crippen LogP contribution in [0.5, 0.6) is 0 Å². The second-order valence-electron chi connectivity index (χ2n) is 3.98. The number of nitrogens with one attached hydrogen (secondary N) is 2. The number of hydrogen-bond acceptors (Lipinski definition) is 4. The van der Waals surface area contributed by atoms with Crippen molar-refractivity contribution in [3.05, 3.63) is 40.1 Å². The average molecular weight is 249 g/mol. The van der Waals surface area contributed by atoms with Crippen molar-refractivity contribution < 1.29 is 9.90 Å². The van der Waals surface area contributed by atoms with Crippen LogP contribution in [0.2, 0.25) is 0 Å². The summed E-state index contributed by atoms with van der Waals surface area (Å²) in [7, 11) is 0. The number of aliphatic carboxylic acids is 1. The molecule has 0 unspecified atom stereocenters. The van der Waals surface area contributed by atoms with Gasteiger partial charge >= 0.3 is 5.97 Å². The molecule has 6 heteroatoms. The monoisotopic (exact) mass is 249 g/mol. The zero-order chi connectivity index (χ0) is 11.8. The van der Waals surface area contributed by atoms with Crippen LogP contribution in [0.15, 0.2) is 23.8 Å². The average Bonchev–Trinajstić information content (AvgIpc) is 2.98. The minimum Gasteiger partial charge on any atom is -0.480 e. The molecule has 1 aliphatic rings. The molecule has 2 aromatic heterocycles. The Bertz CT molecular complexity index is 535. The predicted molar refractivity (Wildman–Crippen MR) is 63.0 cm³/mol. The highest BCUT2D eigenvalue weighted by Crippen LogP contribution is 2.30. The molecule has 0 saturated carbocycles. The van der Waals surface area contributed by atoms with Crippen LogP contribution in [-0.2, 0) is 11.2 Å². The fraction of sp³-hybridized carbons (Fsp3) is 0.273. The zero-order valence-electron chi connectivity index (χ0n) is 8.88. The highest BCUT2D eigenvalue weighted by molar-refractivity contribution is 7.10. The molecule has 0 aliphatic carbocycles. The van der Waals surface area contributed by atoms with Crippen LogP contribution >= 0.6 is 11.3 Å². The van der Waals surface area contributed by atoms with Crippen LogP contribution in [0.25, 0.3) is 0 Å². The fourth-order valence-electron chi connectivity index (χ4n) is 2.12. The maximum Gasteiger partial charge on any atom is 0.321 e. The molecule has 0 bridgehead atoms. The maximum atomic E-state index is 11.1. The molecule has 88 valence electrons. The normalized spacial score (nSPS) is 23.3. The van der Waals surface area contributed by atoms with Crippen LogP contribution in [0.3, 0.4) is 0 Å². The summed E-state index contributed by atoms with van der Waals surface area (Å²) in [6, 6.07) is 3.27. The van der Waals surface area contributed by atoms with Crippen molar-refractivity contribution in [1.82, 2.24) is 15.3 Å². The molecule has 1 aliphatic heterocycles. The standard InChI is InChI=1S/C11H11N3O2S/c15-11(16)7-4-6-9(13-5-12-6)10(14-7)8-2-1-3-17-8/h1-3,5,7,10,14H,4H2,(H,12,13)(H,15,16)/t7-,10-/m1/s1. The molecule has 0 aromatic carbocycles. The number of hydrogen-bond donors (Lipinski definition) is 3. The largest absolute Gasteiger partial charge is 0.480 e. The van der Waals surface area contributed by atoms with Crippen LogP contribution in [0.1, 0.15) is 22.3 Å². The lowest BCUT2D eigenvalue weighted by atomic mass is 9.98. The van der Waals surface area contributed by atoms with Gasteiger partial charge < -0.3 is 10.1 Å².